The summed E-state index contributed by atoms with van der Waals surface area (Å²) >= 11 is 3.16. The second-order valence-electron chi connectivity index (χ2n) is 4.60. The van der Waals surface area contributed by atoms with Crippen LogP contribution in [-0.2, 0) is 0 Å². The lowest BCUT2D eigenvalue weighted by Crippen LogP contribution is -2.23. The first-order valence-corrected chi connectivity index (χ1v) is 6.68. The third-order valence-corrected chi connectivity index (χ3v) is 4.13. The molecule has 0 aliphatic heterocycles. The zero-order valence-corrected chi connectivity index (χ0v) is 10.8. The monoisotopic (exact) mass is 285 g/mol. The van der Waals surface area contributed by atoms with E-state index in [1.165, 1.54) is 32.1 Å². The van der Waals surface area contributed by atoms with Crippen LogP contribution in [-0.4, -0.2) is 0 Å². The molecule has 1 aliphatic rings. The van der Waals surface area contributed by atoms with Crippen LogP contribution in [0.1, 0.15) is 43.7 Å². The van der Waals surface area contributed by atoms with Crippen molar-refractivity contribution in [3.05, 3.63) is 34.1 Å². The fourth-order valence-corrected chi connectivity index (χ4v) is 2.73. The number of rotatable bonds is 2. The van der Waals surface area contributed by atoms with E-state index in [0.29, 0.717) is 10.4 Å². The molecule has 0 radical (unpaired) electrons. The van der Waals surface area contributed by atoms with Gasteiger partial charge in [0.05, 0.1) is 4.47 Å². The van der Waals surface area contributed by atoms with Crippen molar-refractivity contribution >= 4 is 15.9 Å². The highest BCUT2D eigenvalue weighted by atomic mass is 79.9. The molecule has 0 spiro atoms. The highest BCUT2D eigenvalue weighted by Crippen LogP contribution is 2.33. The van der Waals surface area contributed by atoms with E-state index >= 15 is 0 Å². The standard InChI is InChI=1S/C13H17BrFN/c14-11-7-6-10(8-12(11)15)13(16)9-4-2-1-3-5-9/h6-9,13H,1-5,16H2/t13-/m1/s1. The molecule has 1 nitrogen and oxygen atoms in total. The van der Waals surface area contributed by atoms with Crippen molar-refractivity contribution in [1.82, 2.24) is 0 Å². The molecule has 2 rings (SSSR count). The van der Waals surface area contributed by atoms with Gasteiger partial charge in [-0.25, -0.2) is 4.39 Å². The lowest BCUT2D eigenvalue weighted by atomic mass is 9.81. The molecule has 16 heavy (non-hydrogen) atoms. The quantitative estimate of drug-likeness (QED) is 0.867. The van der Waals surface area contributed by atoms with E-state index in [2.05, 4.69) is 15.9 Å². The van der Waals surface area contributed by atoms with E-state index in [0.717, 1.165) is 5.56 Å². The smallest absolute Gasteiger partial charge is 0.137 e. The SMILES string of the molecule is N[C@@H](c1ccc(Br)c(F)c1)C1CCCCC1. The van der Waals surface area contributed by atoms with E-state index in [4.69, 9.17) is 5.73 Å². The Labute approximate surface area is 104 Å². The summed E-state index contributed by atoms with van der Waals surface area (Å²) < 4.78 is 13.9. The van der Waals surface area contributed by atoms with Crippen LogP contribution in [0.5, 0.6) is 0 Å². The zero-order valence-electron chi connectivity index (χ0n) is 9.26. The molecule has 1 fully saturated rings. The normalized spacial score (nSPS) is 19.7. The van der Waals surface area contributed by atoms with Gasteiger partial charge in [0, 0.05) is 6.04 Å². The Balaban J connectivity index is 2.12. The van der Waals surface area contributed by atoms with Crippen LogP contribution < -0.4 is 5.73 Å². The van der Waals surface area contributed by atoms with Gasteiger partial charge in [0.2, 0.25) is 0 Å². The molecule has 0 bridgehead atoms. The van der Waals surface area contributed by atoms with Crippen molar-refractivity contribution in [3.63, 3.8) is 0 Å². The van der Waals surface area contributed by atoms with Gasteiger partial charge in [-0.3, -0.25) is 0 Å². The number of halogens is 2. The van der Waals surface area contributed by atoms with Gasteiger partial charge in [-0.05, 0) is 52.4 Å². The Bertz CT molecular complexity index is 361. The fraction of sp³-hybridized carbons (Fsp3) is 0.538. The van der Waals surface area contributed by atoms with Crippen LogP contribution in [0.15, 0.2) is 22.7 Å². The minimum atomic E-state index is -0.219. The molecule has 88 valence electrons. The fourth-order valence-electron chi connectivity index (χ4n) is 2.49. The molecule has 1 aliphatic carbocycles. The summed E-state index contributed by atoms with van der Waals surface area (Å²) in [7, 11) is 0. The van der Waals surface area contributed by atoms with Crippen LogP contribution in [0.3, 0.4) is 0 Å². The summed E-state index contributed by atoms with van der Waals surface area (Å²) in [6, 6.07) is 5.21. The van der Waals surface area contributed by atoms with Gasteiger partial charge in [-0.2, -0.15) is 0 Å². The molecular formula is C13H17BrFN. The number of nitrogens with two attached hydrogens (primary N) is 1. The first-order chi connectivity index (χ1) is 7.68. The lowest BCUT2D eigenvalue weighted by Gasteiger charge is -2.27. The van der Waals surface area contributed by atoms with Gasteiger partial charge in [0.25, 0.3) is 0 Å². The first kappa shape index (κ1) is 12.1. The summed E-state index contributed by atoms with van der Waals surface area (Å²) in [5.74, 6) is 0.304. The molecular weight excluding hydrogens is 269 g/mol. The molecule has 1 aromatic rings. The maximum atomic E-state index is 13.4. The van der Waals surface area contributed by atoms with Gasteiger partial charge in [-0.1, -0.05) is 25.3 Å². The molecule has 2 N–H and O–H groups in total. The number of hydrogen-bond acceptors (Lipinski definition) is 1. The predicted octanol–water partition coefficient (Wildman–Crippen LogP) is 4.17. The van der Waals surface area contributed by atoms with Gasteiger partial charge >= 0.3 is 0 Å². The van der Waals surface area contributed by atoms with Gasteiger partial charge < -0.3 is 5.73 Å². The number of benzene rings is 1. The Kier molecular flexibility index (Phi) is 3.98. The second kappa shape index (κ2) is 5.28. The van der Waals surface area contributed by atoms with Crippen molar-refractivity contribution in [2.75, 3.05) is 0 Å². The van der Waals surface area contributed by atoms with Crippen LogP contribution in [0.25, 0.3) is 0 Å². The van der Waals surface area contributed by atoms with Crippen molar-refractivity contribution in [2.45, 2.75) is 38.1 Å². The topological polar surface area (TPSA) is 26.0 Å². The van der Waals surface area contributed by atoms with Crippen molar-refractivity contribution in [3.8, 4) is 0 Å². The minimum Gasteiger partial charge on any atom is -0.324 e. The van der Waals surface area contributed by atoms with Crippen LogP contribution in [0.2, 0.25) is 0 Å². The molecule has 1 saturated carbocycles. The van der Waals surface area contributed by atoms with Gasteiger partial charge in [0.1, 0.15) is 5.82 Å². The Morgan fingerprint density at radius 1 is 1.25 bits per heavy atom. The van der Waals surface area contributed by atoms with E-state index in [1.54, 1.807) is 12.1 Å². The van der Waals surface area contributed by atoms with Crippen LogP contribution in [0, 0.1) is 11.7 Å². The Hall–Kier alpha value is -0.410. The number of hydrogen-bond donors (Lipinski definition) is 1. The minimum absolute atomic E-state index is 0.0112. The molecule has 1 atom stereocenters. The molecule has 0 amide bonds. The third kappa shape index (κ3) is 2.64. The molecule has 0 saturated heterocycles. The first-order valence-electron chi connectivity index (χ1n) is 5.89. The Morgan fingerprint density at radius 2 is 1.94 bits per heavy atom. The molecule has 3 heteroatoms. The maximum absolute atomic E-state index is 13.4. The average Bonchev–Trinajstić information content (AvgIpc) is 2.33. The van der Waals surface area contributed by atoms with Gasteiger partial charge in [0.15, 0.2) is 0 Å². The summed E-state index contributed by atoms with van der Waals surface area (Å²) in [4.78, 5) is 0. The molecule has 1 aromatic carbocycles. The lowest BCUT2D eigenvalue weighted by molar-refractivity contribution is 0.308. The molecule has 0 heterocycles. The largest absolute Gasteiger partial charge is 0.324 e. The van der Waals surface area contributed by atoms with E-state index < -0.39 is 0 Å². The van der Waals surface area contributed by atoms with Crippen LogP contribution >= 0.6 is 15.9 Å². The highest BCUT2D eigenvalue weighted by molar-refractivity contribution is 9.10. The van der Waals surface area contributed by atoms with E-state index in [1.807, 2.05) is 6.07 Å². The third-order valence-electron chi connectivity index (χ3n) is 3.49. The predicted molar refractivity (Wildman–Crippen MR) is 67.6 cm³/mol. The summed E-state index contributed by atoms with van der Waals surface area (Å²) in [6.45, 7) is 0. The second-order valence-corrected chi connectivity index (χ2v) is 5.45. The molecule has 0 aromatic heterocycles. The van der Waals surface area contributed by atoms with Crippen molar-refractivity contribution in [2.24, 2.45) is 11.7 Å². The summed E-state index contributed by atoms with van der Waals surface area (Å²) in [5.41, 5.74) is 7.13. The summed E-state index contributed by atoms with van der Waals surface area (Å²) in [5, 5.41) is 0. The van der Waals surface area contributed by atoms with Crippen LogP contribution in [0.4, 0.5) is 4.39 Å². The van der Waals surface area contributed by atoms with Gasteiger partial charge in [-0.15, -0.1) is 0 Å². The summed E-state index contributed by atoms with van der Waals surface area (Å²) in [6.07, 6.45) is 6.20. The highest BCUT2D eigenvalue weighted by Gasteiger charge is 2.22. The average molecular weight is 286 g/mol. The van der Waals surface area contributed by atoms with E-state index in [-0.39, 0.29) is 11.9 Å². The van der Waals surface area contributed by atoms with Crippen molar-refractivity contribution < 1.29 is 4.39 Å². The zero-order chi connectivity index (χ0) is 11.5. The maximum Gasteiger partial charge on any atom is 0.137 e. The van der Waals surface area contributed by atoms with Crippen molar-refractivity contribution in [1.29, 1.82) is 0 Å². The Morgan fingerprint density at radius 3 is 2.56 bits per heavy atom. The van der Waals surface area contributed by atoms with E-state index in [9.17, 15) is 4.39 Å². The molecule has 0 unspecified atom stereocenters.